The van der Waals surface area contributed by atoms with E-state index in [1.807, 2.05) is 24.4 Å². The first-order chi connectivity index (χ1) is 14.1. The molecular weight excluding hydrogens is 364 g/mol. The Bertz CT molecular complexity index is 1260. The van der Waals surface area contributed by atoms with E-state index in [-0.39, 0.29) is 17.8 Å². The fraction of sp³-hybridized carbons (Fsp3) is 0.261. The molecule has 4 aromatic rings. The van der Waals surface area contributed by atoms with Crippen LogP contribution in [0, 0.1) is 0 Å². The van der Waals surface area contributed by atoms with E-state index < -0.39 is 6.10 Å². The number of aromatic amines is 2. The Morgan fingerprint density at radius 1 is 1.24 bits per heavy atom. The summed E-state index contributed by atoms with van der Waals surface area (Å²) >= 11 is 0. The summed E-state index contributed by atoms with van der Waals surface area (Å²) in [4.78, 5) is 18.3. The molecule has 6 heteroatoms. The lowest BCUT2D eigenvalue weighted by atomic mass is 9.99. The van der Waals surface area contributed by atoms with Crippen LogP contribution in [-0.2, 0) is 6.54 Å². The van der Waals surface area contributed by atoms with Crippen LogP contribution in [0.1, 0.15) is 30.6 Å². The number of H-pyrrole nitrogens is 2. The van der Waals surface area contributed by atoms with E-state index >= 15 is 0 Å². The topological polar surface area (TPSA) is 85.8 Å². The van der Waals surface area contributed by atoms with Crippen molar-refractivity contribution >= 4 is 28.0 Å². The molecule has 0 saturated carbocycles. The van der Waals surface area contributed by atoms with E-state index in [4.69, 9.17) is 0 Å². The van der Waals surface area contributed by atoms with Gasteiger partial charge in [-0.15, -0.1) is 0 Å². The maximum atomic E-state index is 12.3. The number of aliphatic hydroxyl groups is 1. The molecule has 4 N–H and O–H groups in total. The zero-order valence-electron chi connectivity index (χ0n) is 16.2. The Hall–Kier alpha value is -3.09. The van der Waals surface area contributed by atoms with Gasteiger partial charge in [0, 0.05) is 35.9 Å². The summed E-state index contributed by atoms with van der Waals surface area (Å²) in [5.74, 6) is 0. The van der Waals surface area contributed by atoms with Gasteiger partial charge in [-0.05, 0) is 48.6 Å². The largest absolute Gasteiger partial charge is 0.387 e. The molecule has 0 radical (unpaired) electrons. The standard InChI is InChI=1S/C23H24N4O2/c1-14(5-6-15-7-8-18-16(13-15)9-11-24-18)25-20-10-12-27-21-17(22(20)28)3-2-4-19(21)26-23(27)29/h2-9,11,13-14,20,22,24-25,28H,10,12H2,1H3,(H,26,29)/t14?,20-,22-/m1/s1. The second-order valence-corrected chi connectivity index (χ2v) is 7.80. The highest BCUT2D eigenvalue weighted by atomic mass is 16.3. The smallest absolute Gasteiger partial charge is 0.326 e. The van der Waals surface area contributed by atoms with E-state index in [1.165, 1.54) is 5.39 Å². The molecule has 0 fully saturated rings. The third-order valence-electron chi connectivity index (χ3n) is 5.82. The number of imidazole rings is 1. The van der Waals surface area contributed by atoms with E-state index in [0.717, 1.165) is 27.7 Å². The summed E-state index contributed by atoms with van der Waals surface area (Å²) in [6, 6.07) is 14.0. The minimum atomic E-state index is -0.672. The van der Waals surface area contributed by atoms with E-state index in [1.54, 1.807) is 4.57 Å². The number of nitrogens with one attached hydrogen (secondary N) is 3. The molecule has 1 aliphatic rings. The Kier molecular flexibility index (Phi) is 4.38. The second-order valence-electron chi connectivity index (χ2n) is 7.80. The first kappa shape index (κ1) is 18.0. The van der Waals surface area contributed by atoms with Crippen LogP contribution in [0.15, 0.2) is 59.5 Å². The van der Waals surface area contributed by atoms with Crippen LogP contribution in [0.2, 0.25) is 0 Å². The molecule has 1 aliphatic heterocycles. The van der Waals surface area contributed by atoms with Crippen LogP contribution in [0.3, 0.4) is 0 Å². The molecule has 29 heavy (non-hydrogen) atoms. The van der Waals surface area contributed by atoms with Gasteiger partial charge in [0.2, 0.25) is 0 Å². The summed E-state index contributed by atoms with van der Waals surface area (Å²) in [6.45, 7) is 2.65. The number of hydrogen-bond donors (Lipinski definition) is 4. The normalized spacial score (nSPS) is 20.5. The molecule has 2 aromatic carbocycles. The van der Waals surface area contributed by atoms with Crippen LogP contribution in [0.25, 0.3) is 28.0 Å². The van der Waals surface area contributed by atoms with Crippen LogP contribution >= 0.6 is 0 Å². The predicted molar refractivity (Wildman–Crippen MR) is 116 cm³/mol. The number of benzene rings is 2. The van der Waals surface area contributed by atoms with Gasteiger partial charge in [0.15, 0.2) is 0 Å². The van der Waals surface area contributed by atoms with Gasteiger partial charge < -0.3 is 20.4 Å². The van der Waals surface area contributed by atoms with Gasteiger partial charge in [-0.25, -0.2) is 4.79 Å². The van der Waals surface area contributed by atoms with Crippen molar-refractivity contribution in [2.75, 3.05) is 0 Å². The fourth-order valence-electron chi connectivity index (χ4n) is 4.34. The SMILES string of the molecule is CC(C=Cc1ccc2[nH]ccc2c1)N[C@@H]1CCn2c(=O)[nH]c3cccc(c32)[C@H]1O. The molecule has 0 spiro atoms. The lowest BCUT2D eigenvalue weighted by Gasteiger charge is -2.25. The van der Waals surface area contributed by atoms with Gasteiger partial charge in [0.1, 0.15) is 0 Å². The van der Waals surface area contributed by atoms with Gasteiger partial charge in [0.25, 0.3) is 0 Å². The molecule has 3 atom stereocenters. The number of nitrogens with zero attached hydrogens (tertiary/aromatic N) is 1. The second kappa shape index (κ2) is 7.06. The Morgan fingerprint density at radius 2 is 2.14 bits per heavy atom. The highest BCUT2D eigenvalue weighted by Crippen LogP contribution is 2.30. The van der Waals surface area contributed by atoms with Gasteiger partial charge in [-0.2, -0.15) is 0 Å². The Balaban J connectivity index is 1.35. The molecule has 6 nitrogen and oxygen atoms in total. The Labute approximate surface area is 167 Å². The molecule has 2 aromatic heterocycles. The number of para-hydroxylation sites is 1. The van der Waals surface area contributed by atoms with Gasteiger partial charge in [-0.1, -0.05) is 30.4 Å². The van der Waals surface area contributed by atoms with E-state index in [0.29, 0.717) is 13.0 Å². The van der Waals surface area contributed by atoms with Crippen molar-refractivity contribution in [3.05, 3.63) is 76.3 Å². The molecular formula is C23H24N4O2. The first-order valence-electron chi connectivity index (χ1n) is 10.0. The zero-order valence-corrected chi connectivity index (χ0v) is 16.2. The monoisotopic (exact) mass is 388 g/mol. The van der Waals surface area contributed by atoms with Gasteiger partial charge in [-0.3, -0.25) is 4.57 Å². The van der Waals surface area contributed by atoms with Crippen molar-refractivity contribution in [1.29, 1.82) is 0 Å². The highest BCUT2D eigenvalue weighted by molar-refractivity contribution is 5.82. The summed E-state index contributed by atoms with van der Waals surface area (Å²) in [6.07, 6.45) is 6.16. The average Bonchev–Trinajstić information content (AvgIpc) is 3.28. The van der Waals surface area contributed by atoms with Crippen molar-refractivity contribution in [2.24, 2.45) is 0 Å². The summed E-state index contributed by atoms with van der Waals surface area (Å²) in [5.41, 5.74) is 4.54. The van der Waals surface area contributed by atoms with Crippen LogP contribution in [0.5, 0.6) is 0 Å². The lowest BCUT2D eigenvalue weighted by molar-refractivity contribution is 0.122. The molecule has 148 valence electrons. The fourth-order valence-corrected chi connectivity index (χ4v) is 4.34. The van der Waals surface area contributed by atoms with Gasteiger partial charge in [0.05, 0.1) is 17.1 Å². The minimum absolute atomic E-state index is 0.0755. The molecule has 5 rings (SSSR count). The summed E-state index contributed by atoms with van der Waals surface area (Å²) in [5, 5.41) is 15.7. The summed E-state index contributed by atoms with van der Waals surface area (Å²) in [7, 11) is 0. The van der Waals surface area contributed by atoms with Crippen molar-refractivity contribution in [3.8, 4) is 0 Å². The van der Waals surface area contributed by atoms with Gasteiger partial charge >= 0.3 is 5.69 Å². The number of aromatic nitrogens is 3. The number of hydrogen-bond acceptors (Lipinski definition) is 3. The van der Waals surface area contributed by atoms with Crippen LogP contribution < -0.4 is 11.0 Å². The van der Waals surface area contributed by atoms with Crippen molar-refractivity contribution in [1.82, 2.24) is 19.9 Å². The molecule has 0 saturated heterocycles. The molecule has 0 amide bonds. The number of aliphatic hydroxyl groups excluding tert-OH is 1. The number of fused-ring (bicyclic) bond motifs is 1. The summed E-state index contributed by atoms with van der Waals surface area (Å²) < 4.78 is 1.74. The maximum Gasteiger partial charge on any atom is 0.326 e. The lowest BCUT2D eigenvalue weighted by Crippen LogP contribution is -2.40. The molecule has 1 unspecified atom stereocenters. The third kappa shape index (κ3) is 3.20. The number of rotatable bonds is 4. The zero-order chi connectivity index (χ0) is 20.0. The van der Waals surface area contributed by atoms with Crippen LogP contribution in [0.4, 0.5) is 0 Å². The van der Waals surface area contributed by atoms with Crippen molar-refractivity contribution in [2.45, 2.75) is 38.1 Å². The van der Waals surface area contributed by atoms with E-state index in [9.17, 15) is 9.90 Å². The highest BCUT2D eigenvalue weighted by Gasteiger charge is 2.28. The molecule has 3 heterocycles. The van der Waals surface area contributed by atoms with Crippen molar-refractivity contribution < 1.29 is 5.11 Å². The maximum absolute atomic E-state index is 12.3. The number of aryl methyl sites for hydroxylation is 1. The first-order valence-corrected chi connectivity index (χ1v) is 10.0. The molecule has 0 bridgehead atoms. The van der Waals surface area contributed by atoms with E-state index in [2.05, 4.69) is 58.6 Å². The minimum Gasteiger partial charge on any atom is -0.387 e. The quantitative estimate of drug-likeness (QED) is 0.433. The van der Waals surface area contributed by atoms with Crippen molar-refractivity contribution in [3.63, 3.8) is 0 Å². The molecule has 0 aliphatic carbocycles. The van der Waals surface area contributed by atoms with Crippen LogP contribution in [-0.4, -0.2) is 31.7 Å². The predicted octanol–water partition coefficient (Wildman–Crippen LogP) is 3.31. The third-order valence-corrected chi connectivity index (χ3v) is 5.82. The Morgan fingerprint density at radius 3 is 3.03 bits per heavy atom. The average molecular weight is 388 g/mol.